The van der Waals surface area contributed by atoms with Gasteiger partial charge in [0.2, 0.25) is 5.91 Å². The minimum absolute atomic E-state index is 0.0136. The number of carbonyl (C=O) groups excluding carboxylic acids is 2. The molecule has 2 amide bonds. The Morgan fingerprint density at radius 1 is 1.09 bits per heavy atom. The molecule has 2 aliphatic rings. The summed E-state index contributed by atoms with van der Waals surface area (Å²) >= 11 is 6.10. The van der Waals surface area contributed by atoms with Crippen molar-refractivity contribution in [3.63, 3.8) is 0 Å². The van der Waals surface area contributed by atoms with Gasteiger partial charge in [0.1, 0.15) is 11.6 Å². The Bertz CT molecular complexity index is 1150. The second-order valence-corrected chi connectivity index (χ2v) is 9.18. The number of aromatic amines is 1. The predicted octanol–water partition coefficient (Wildman–Crippen LogP) is 4.44. The maximum atomic E-state index is 13.4. The molecule has 3 aromatic rings. The maximum absolute atomic E-state index is 13.4. The van der Waals surface area contributed by atoms with E-state index in [1.54, 1.807) is 30.2 Å². The average molecular weight is 467 g/mol. The van der Waals surface area contributed by atoms with Crippen molar-refractivity contribution in [2.75, 3.05) is 26.7 Å². The van der Waals surface area contributed by atoms with Gasteiger partial charge in [0, 0.05) is 30.6 Å². The van der Waals surface area contributed by atoms with E-state index in [-0.39, 0.29) is 23.8 Å². The molecule has 2 aliphatic heterocycles. The lowest BCUT2D eigenvalue weighted by atomic mass is 9.94. The number of carbonyl (C=O) groups is 2. The van der Waals surface area contributed by atoms with E-state index in [1.807, 2.05) is 29.2 Å². The summed E-state index contributed by atoms with van der Waals surface area (Å²) in [4.78, 5) is 38.4. The third-order valence-corrected chi connectivity index (χ3v) is 7.02. The van der Waals surface area contributed by atoms with Crippen LogP contribution >= 0.6 is 11.6 Å². The minimum atomic E-state index is -0.110. The number of amides is 2. The number of rotatable bonds is 4. The van der Waals surface area contributed by atoms with Crippen LogP contribution in [-0.4, -0.2) is 58.3 Å². The predicted molar refractivity (Wildman–Crippen MR) is 126 cm³/mol. The Hall–Kier alpha value is -3.06. The lowest BCUT2D eigenvalue weighted by molar-refractivity contribution is -0.138. The fourth-order valence-electron chi connectivity index (χ4n) is 5.03. The first-order chi connectivity index (χ1) is 16.0. The van der Waals surface area contributed by atoms with E-state index < -0.39 is 0 Å². The number of hydrogen-bond donors (Lipinski definition) is 1. The molecule has 0 aliphatic carbocycles. The monoisotopic (exact) mass is 466 g/mol. The van der Waals surface area contributed by atoms with E-state index >= 15 is 0 Å². The molecule has 8 heteroatoms. The molecular formula is C25H27ClN4O3. The van der Waals surface area contributed by atoms with Crippen LogP contribution in [0.2, 0.25) is 5.02 Å². The van der Waals surface area contributed by atoms with Crippen molar-refractivity contribution in [3.8, 4) is 5.75 Å². The number of hydrogen-bond acceptors (Lipinski definition) is 4. The third-order valence-electron chi connectivity index (χ3n) is 6.78. The highest BCUT2D eigenvalue weighted by atomic mass is 35.5. The summed E-state index contributed by atoms with van der Waals surface area (Å²) in [6.07, 6.45) is 3.18. The summed E-state index contributed by atoms with van der Waals surface area (Å²) in [7, 11) is 1.54. The summed E-state index contributed by atoms with van der Waals surface area (Å²) in [5.74, 6) is 1.35. The van der Waals surface area contributed by atoms with Gasteiger partial charge in [0.05, 0.1) is 29.7 Å². The maximum Gasteiger partial charge on any atom is 0.257 e. The number of para-hydroxylation sites is 2. The van der Waals surface area contributed by atoms with Gasteiger partial charge in [-0.25, -0.2) is 4.98 Å². The Kier molecular flexibility index (Phi) is 5.98. The summed E-state index contributed by atoms with van der Waals surface area (Å²) in [6, 6.07) is 13.0. The molecule has 0 spiro atoms. The van der Waals surface area contributed by atoms with Gasteiger partial charge in [0.15, 0.2) is 0 Å². The molecule has 7 nitrogen and oxygen atoms in total. The van der Waals surface area contributed by atoms with Crippen molar-refractivity contribution >= 4 is 34.4 Å². The Morgan fingerprint density at radius 3 is 2.64 bits per heavy atom. The van der Waals surface area contributed by atoms with Crippen molar-refractivity contribution < 1.29 is 14.3 Å². The highest BCUT2D eigenvalue weighted by molar-refractivity contribution is 6.31. The molecule has 2 saturated heterocycles. The lowest BCUT2D eigenvalue weighted by Crippen LogP contribution is -2.44. The molecule has 5 rings (SSSR count). The normalized spacial score (nSPS) is 19.3. The van der Waals surface area contributed by atoms with E-state index in [0.29, 0.717) is 42.3 Å². The molecular weight excluding hydrogens is 440 g/mol. The van der Waals surface area contributed by atoms with Crippen molar-refractivity contribution in [1.29, 1.82) is 0 Å². The number of benzene rings is 2. The summed E-state index contributed by atoms with van der Waals surface area (Å²) in [6.45, 7) is 1.82. The highest BCUT2D eigenvalue weighted by Gasteiger charge is 2.37. The zero-order valence-electron chi connectivity index (χ0n) is 18.6. The number of halogens is 1. The zero-order valence-corrected chi connectivity index (χ0v) is 19.3. The largest absolute Gasteiger partial charge is 0.496 e. The molecule has 172 valence electrons. The van der Waals surface area contributed by atoms with Gasteiger partial charge in [-0.1, -0.05) is 23.7 Å². The summed E-state index contributed by atoms with van der Waals surface area (Å²) < 4.78 is 5.34. The first-order valence-corrected chi connectivity index (χ1v) is 11.8. The van der Waals surface area contributed by atoms with E-state index in [2.05, 4.69) is 4.98 Å². The first kappa shape index (κ1) is 21.8. The second kappa shape index (κ2) is 9.06. The highest BCUT2D eigenvalue weighted by Crippen LogP contribution is 2.34. The first-order valence-electron chi connectivity index (χ1n) is 11.4. The van der Waals surface area contributed by atoms with E-state index in [9.17, 15) is 9.59 Å². The van der Waals surface area contributed by atoms with Crippen LogP contribution in [0.5, 0.6) is 5.75 Å². The molecule has 0 bridgehead atoms. The van der Waals surface area contributed by atoms with Crippen LogP contribution < -0.4 is 4.74 Å². The van der Waals surface area contributed by atoms with Crippen LogP contribution in [0.25, 0.3) is 11.0 Å². The molecule has 1 unspecified atom stereocenters. The van der Waals surface area contributed by atoms with Gasteiger partial charge in [-0.15, -0.1) is 0 Å². The molecule has 0 saturated carbocycles. The SMILES string of the molecule is COc1ccc(Cl)cc1C(=O)N1CCC(C(=O)N2CCCC2c2nc3ccccc3[nH]2)CC1. The fraction of sp³-hybridized carbons (Fsp3) is 0.400. The van der Waals surface area contributed by atoms with Crippen molar-refractivity contribution in [2.24, 2.45) is 5.92 Å². The third kappa shape index (κ3) is 4.17. The molecule has 1 N–H and O–H groups in total. The molecule has 3 heterocycles. The van der Waals surface area contributed by atoms with Crippen LogP contribution in [0.4, 0.5) is 0 Å². The molecule has 1 atom stereocenters. The number of imidazole rings is 1. The smallest absolute Gasteiger partial charge is 0.257 e. The number of methoxy groups -OCH3 is 1. The fourth-order valence-corrected chi connectivity index (χ4v) is 5.20. The molecule has 2 aromatic carbocycles. The number of aromatic nitrogens is 2. The van der Waals surface area contributed by atoms with Crippen molar-refractivity contribution in [1.82, 2.24) is 19.8 Å². The summed E-state index contributed by atoms with van der Waals surface area (Å²) in [5.41, 5.74) is 2.38. The van der Waals surface area contributed by atoms with E-state index in [0.717, 1.165) is 36.2 Å². The van der Waals surface area contributed by atoms with Crippen LogP contribution in [0.1, 0.15) is 47.9 Å². The Morgan fingerprint density at radius 2 is 1.88 bits per heavy atom. The summed E-state index contributed by atoms with van der Waals surface area (Å²) in [5, 5.41) is 0.495. The number of fused-ring (bicyclic) bond motifs is 1. The van der Waals surface area contributed by atoms with Crippen LogP contribution in [0, 0.1) is 5.92 Å². The molecule has 33 heavy (non-hydrogen) atoms. The topological polar surface area (TPSA) is 78.5 Å². The van der Waals surface area contributed by atoms with Crippen LogP contribution in [0.3, 0.4) is 0 Å². The van der Waals surface area contributed by atoms with Gasteiger partial charge in [-0.3, -0.25) is 9.59 Å². The zero-order chi connectivity index (χ0) is 22.9. The minimum Gasteiger partial charge on any atom is -0.496 e. The number of likely N-dealkylation sites (tertiary alicyclic amines) is 2. The number of H-pyrrole nitrogens is 1. The number of nitrogens with zero attached hydrogens (tertiary/aromatic N) is 3. The van der Waals surface area contributed by atoms with Crippen LogP contribution in [-0.2, 0) is 4.79 Å². The molecule has 1 aromatic heterocycles. The van der Waals surface area contributed by atoms with Gasteiger partial charge in [-0.2, -0.15) is 0 Å². The Labute approximate surface area is 197 Å². The number of nitrogens with one attached hydrogen (secondary N) is 1. The molecule has 2 fully saturated rings. The van der Waals surface area contributed by atoms with E-state index in [4.69, 9.17) is 21.3 Å². The van der Waals surface area contributed by atoms with Gasteiger partial charge in [-0.05, 0) is 56.0 Å². The lowest BCUT2D eigenvalue weighted by Gasteiger charge is -2.34. The van der Waals surface area contributed by atoms with Crippen molar-refractivity contribution in [2.45, 2.75) is 31.7 Å². The van der Waals surface area contributed by atoms with Crippen LogP contribution in [0.15, 0.2) is 42.5 Å². The van der Waals surface area contributed by atoms with Gasteiger partial charge < -0.3 is 19.5 Å². The second-order valence-electron chi connectivity index (χ2n) is 8.74. The number of piperidine rings is 1. The quantitative estimate of drug-likeness (QED) is 0.616. The van der Waals surface area contributed by atoms with Gasteiger partial charge in [0.25, 0.3) is 5.91 Å². The van der Waals surface area contributed by atoms with Gasteiger partial charge >= 0.3 is 0 Å². The van der Waals surface area contributed by atoms with E-state index in [1.165, 1.54) is 0 Å². The average Bonchev–Trinajstić information content (AvgIpc) is 3.50. The number of ether oxygens (including phenoxy) is 1. The Balaban J connectivity index is 1.26. The molecule has 0 radical (unpaired) electrons. The standard InChI is InChI=1S/C25H27ClN4O3/c1-33-22-9-8-17(26)15-18(22)25(32)29-13-10-16(11-14-29)24(31)30-12-4-7-21(30)23-27-19-5-2-3-6-20(19)28-23/h2-3,5-6,8-9,15-16,21H,4,7,10-14H2,1H3,(H,27,28). The van der Waals surface area contributed by atoms with Crippen molar-refractivity contribution in [3.05, 3.63) is 58.9 Å².